The summed E-state index contributed by atoms with van der Waals surface area (Å²) in [5, 5.41) is 11.1. The predicted octanol–water partition coefficient (Wildman–Crippen LogP) is 4.61. The van der Waals surface area contributed by atoms with E-state index in [1.807, 2.05) is 25.1 Å². The van der Waals surface area contributed by atoms with Gasteiger partial charge in [0.05, 0.1) is 5.69 Å². The third kappa shape index (κ3) is 5.65. The van der Waals surface area contributed by atoms with E-state index in [0.29, 0.717) is 32.8 Å². The van der Waals surface area contributed by atoms with Crippen LogP contribution in [0.1, 0.15) is 27.9 Å². The summed E-state index contributed by atoms with van der Waals surface area (Å²) >= 11 is 1.08. The van der Waals surface area contributed by atoms with Gasteiger partial charge in [0.2, 0.25) is 5.91 Å². The van der Waals surface area contributed by atoms with Gasteiger partial charge >= 0.3 is 6.03 Å². The van der Waals surface area contributed by atoms with Crippen molar-refractivity contribution in [3.63, 3.8) is 0 Å². The summed E-state index contributed by atoms with van der Waals surface area (Å²) in [6, 6.07) is 13.8. The first-order valence-electron chi connectivity index (χ1n) is 9.11. The number of thiazole rings is 1. The van der Waals surface area contributed by atoms with E-state index in [1.165, 1.54) is 6.92 Å². The van der Waals surface area contributed by atoms with Crippen LogP contribution in [-0.2, 0) is 4.79 Å². The molecular weight excluding hydrogens is 402 g/mol. The number of aromatic nitrogens is 1. The molecule has 0 saturated carbocycles. The molecule has 0 aliphatic rings. The molecule has 0 fully saturated rings. The summed E-state index contributed by atoms with van der Waals surface area (Å²) in [6.07, 6.45) is 0. The van der Waals surface area contributed by atoms with Gasteiger partial charge in [-0.2, -0.15) is 0 Å². The molecule has 8 nitrogen and oxygen atoms in total. The van der Waals surface area contributed by atoms with Crippen LogP contribution in [0.2, 0.25) is 0 Å². The van der Waals surface area contributed by atoms with Gasteiger partial charge in [-0.05, 0) is 49.7 Å². The number of aryl methyl sites for hydroxylation is 2. The predicted molar refractivity (Wildman–Crippen MR) is 119 cm³/mol. The molecule has 0 aliphatic carbocycles. The lowest BCUT2D eigenvalue weighted by molar-refractivity contribution is -0.114. The highest BCUT2D eigenvalue weighted by atomic mass is 32.1. The molecule has 1 aromatic heterocycles. The fourth-order valence-corrected chi connectivity index (χ4v) is 3.57. The average Bonchev–Trinajstić information content (AvgIpc) is 3.01. The smallest absolute Gasteiger partial charge is 0.325 e. The average molecular weight is 423 g/mol. The minimum absolute atomic E-state index is 0.198. The Morgan fingerprint density at radius 2 is 1.47 bits per heavy atom. The van der Waals surface area contributed by atoms with Crippen molar-refractivity contribution < 1.29 is 14.4 Å². The summed E-state index contributed by atoms with van der Waals surface area (Å²) < 4.78 is 0. The number of amides is 4. The standard InChI is InChI=1S/C21H21N5O3S/c1-12-6-4-7-15(10-12)25-20(29)26-21-22-13(2)18(30-21)19(28)24-17-9-5-8-16(11-17)23-14(3)27/h4-11H,1-3H3,(H,23,27)(H,24,28)(H2,22,25,26,29). The first kappa shape index (κ1) is 21.0. The molecule has 0 unspecified atom stereocenters. The molecule has 2 aromatic carbocycles. The van der Waals surface area contributed by atoms with Gasteiger partial charge in [-0.25, -0.2) is 9.78 Å². The fourth-order valence-electron chi connectivity index (χ4n) is 2.71. The number of nitrogens with zero attached hydrogens (tertiary/aromatic N) is 1. The van der Waals surface area contributed by atoms with Gasteiger partial charge in [0.1, 0.15) is 4.88 Å². The van der Waals surface area contributed by atoms with E-state index in [9.17, 15) is 14.4 Å². The molecule has 3 aromatic rings. The second-order valence-corrected chi connectivity index (χ2v) is 7.60. The van der Waals surface area contributed by atoms with Crippen LogP contribution in [0.15, 0.2) is 48.5 Å². The Morgan fingerprint density at radius 1 is 0.833 bits per heavy atom. The number of urea groups is 1. The fraction of sp³-hybridized carbons (Fsp3) is 0.143. The van der Waals surface area contributed by atoms with E-state index < -0.39 is 6.03 Å². The first-order valence-corrected chi connectivity index (χ1v) is 9.93. The van der Waals surface area contributed by atoms with Crippen LogP contribution in [0.4, 0.5) is 27.0 Å². The van der Waals surface area contributed by atoms with Crippen LogP contribution >= 0.6 is 11.3 Å². The van der Waals surface area contributed by atoms with Gasteiger partial charge in [-0.3, -0.25) is 14.9 Å². The quantitative estimate of drug-likeness (QED) is 0.480. The molecule has 0 atom stereocenters. The maximum atomic E-state index is 12.6. The zero-order valence-electron chi connectivity index (χ0n) is 16.7. The molecule has 0 bridgehead atoms. The van der Waals surface area contributed by atoms with Crippen LogP contribution < -0.4 is 21.3 Å². The lowest BCUT2D eigenvalue weighted by Crippen LogP contribution is -2.19. The molecule has 154 valence electrons. The van der Waals surface area contributed by atoms with Crippen LogP contribution in [0, 0.1) is 13.8 Å². The minimum Gasteiger partial charge on any atom is -0.326 e. The van der Waals surface area contributed by atoms with Gasteiger partial charge in [0, 0.05) is 24.0 Å². The molecule has 0 saturated heterocycles. The van der Waals surface area contributed by atoms with E-state index in [1.54, 1.807) is 37.3 Å². The molecule has 0 radical (unpaired) electrons. The number of nitrogens with one attached hydrogen (secondary N) is 4. The zero-order valence-corrected chi connectivity index (χ0v) is 17.5. The Kier molecular flexibility index (Phi) is 6.43. The van der Waals surface area contributed by atoms with E-state index in [0.717, 1.165) is 16.9 Å². The van der Waals surface area contributed by atoms with Crippen LogP contribution in [0.3, 0.4) is 0 Å². The van der Waals surface area contributed by atoms with Gasteiger partial charge in [0.25, 0.3) is 5.91 Å². The van der Waals surface area contributed by atoms with Crippen molar-refractivity contribution in [2.45, 2.75) is 20.8 Å². The highest BCUT2D eigenvalue weighted by Crippen LogP contribution is 2.25. The van der Waals surface area contributed by atoms with E-state index >= 15 is 0 Å². The van der Waals surface area contributed by atoms with Crippen molar-refractivity contribution in [3.05, 3.63) is 64.7 Å². The third-order valence-corrected chi connectivity index (χ3v) is 5.01. The van der Waals surface area contributed by atoms with Crippen molar-refractivity contribution in [3.8, 4) is 0 Å². The van der Waals surface area contributed by atoms with Crippen LogP contribution in [0.25, 0.3) is 0 Å². The van der Waals surface area contributed by atoms with Gasteiger partial charge in [-0.15, -0.1) is 0 Å². The largest absolute Gasteiger partial charge is 0.326 e. The molecule has 9 heteroatoms. The Balaban J connectivity index is 1.66. The van der Waals surface area contributed by atoms with Gasteiger partial charge in [-0.1, -0.05) is 29.5 Å². The molecule has 0 spiro atoms. The number of anilines is 4. The van der Waals surface area contributed by atoms with Crippen LogP contribution in [-0.4, -0.2) is 22.8 Å². The molecule has 3 rings (SSSR count). The number of hydrogen-bond acceptors (Lipinski definition) is 5. The number of hydrogen-bond donors (Lipinski definition) is 4. The lowest BCUT2D eigenvalue weighted by atomic mass is 10.2. The molecular formula is C21H21N5O3S. The van der Waals surface area contributed by atoms with Crippen molar-refractivity contribution in [1.29, 1.82) is 0 Å². The third-order valence-electron chi connectivity index (χ3n) is 3.94. The molecule has 1 heterocycles. The van der Waals surface area contributed by atoms with E-state index in [4.69, 9.17) is 0 Å². The first-order chi connectivity index (χ1) is 14.3. The maximum absolute atomic E-state index is 12.6. The van der Waals surface area contributed by atoms with Crippen molar-refractivity contribution in [2.75, 3.05) is 21.3 Å². The van der Waals surface area contributed by atoms with E-state index in [2.05, 4.69) is 26.3 Å². The lowest BCUT2D eigenvalue weighted by Gasteiger charge is -2.07. The molecule has 30 heavy (non-hydrogen) atoms. The van der Waals surface area contributed by atoms with Crippen molar-refractivity contribution >= 4 is 51.4 Å². The topological polar surface area (TPSA) is 112 Å². The highest BCUT2D eigenvalue weighted by molar-refractivity contribution is 7.17. The normalized spacial score (nSPS) is 10.2. The molecule has 0 aliphatic heterocycles. The molecule has 4 N–H and O–H groups in total. The Labute approximate surface area is 177 Å². The van der Waals surface area contributed by atoms with E-state index in [-0.39, 0.29) is 11.8 Å². The summed E-state index contributed by atoms with van der Waals surface area (Å²) in [5.74, 6) is -0.548. The summed E-state index contributed by atoms with van der Waals surface area (Å²) in [6.45, 7) is 5.04. The monoisotopic (exact) mass is 423 g/mol. The summed E-state index contributed by atoms with van der Waals surface area (Å²) in [5.41, 5.74) is 3.31. The maximum Gasteiger partial charge on any atom is 0.325 e. The van der Waals surface area contributed by atoms with Crippen LogP contribution in [0.5, 0.6) is 0 Å². The SMILES string of the molecule is CC(=O)Nc1cccc(NC(=O)c2sc(NC(=O)Nc3cccc(C)c3)nc2C)c1. The zero-order chi connectivity index (χ0) is 21.7. The summed E-state index contributed by atoms with van der Waals surface area (Å²) in [7, 11) is 0. The second kappa shape index (κ2) is 9.19. The molecule has 4 amide bonds. The van der Waals surface area contributed by atoms with Crippen molar-refractivity contribution in [1.82, 2.24) is 4.98 Å². The van der Waals surface area contributed by atoms with Crippen molar-refractivity contribution in [2.24, 2.45) is 0 Å². The van der Waals surface area contributed by atoms with Gasteiger partial charge in [0.15, 0.2) is 5.13 Å². The highest BCUT2D eigenvalue weighted by Gasteiger charge is 2.17. The Hall–Kier alpha value is -3.72. The number of benzene rings is 2. The van der Waals surface area contributed by atoms with Gasteiger partial charge < -0.3 is 16.0 Å². The second-order valence-electron chi connectivity index (χ2n) is 6.60. The minimum atomic E-state index is -0.440. The number of carbonyl (C=O) groups excluding carboxylic acids is 3. The summed E-state index contributed by atoms with van der Waals surface area (Å²) in [4.78, 5) is 40.7. The number of rotatable bonds is 5. The number of carbonyl (C=O) groups is 3. The Bertz CT molecular complexity index is 1110. The Morgan fingerprint density at radius 3 is 2.13 bits per heavy atom.